The van der Waals surface area contributed by atoms with Crippen LogP contribution in [0.2, 0.25) is 0 Å². The topological polar surface area (TPSA) is 81.6 Å². The molecule has 0 aromatic heterocycles. The van der Waals surface area contributed by atoms with Gasteiger partial charge in [0.15, 0.2) is 0 Å². The van der Waals surface area contributed by atoms with E-state index in [-0.39, 0.29) is 18.4 Å². The lowest BCUT2D eigenvalue weighted by molar-refractivity contribution is 0.225. The summed E-state index contributed by atoms with van der Waals surface area (Å²) in [5.41, 5.74) is 0.928. The lowest BCUT2D eigenvalue weighted by atomic mass is 9.94. The summed E-state index contributed by atoms with van der Waals surface area (Å²) >= 11 is 0. The van der Waals surface area contributed by atoms with Crippen molar-refractivity contribution >= 4 is 6.03 Å². The van der Waals surface area contributed by atoms with E-state index in [1.165, 1.54) is 0 Å². The molecule has 1 rings (SSSR count). The van der Waals surface area contributed by atoms with Crippen LogP contribution in [0.25, 0.3) is 0 Å². The first-order valence-electron chi connectivity index (χ1n) is 7.41. The van der Waals surface area contributed by atoms with Gasteiger partial charge in [-0.3, -0.25) is 0 Å². The Morgan fingerprint density at radius 2 is 1.86 bits per heavy atom. The number of carbonyl (C=O) groups excluding carboxylic acids is 1. The third-order valence-corrected chi connectivity index (χ3v) is 3.28. The van der Waals surface area contributed by atoms with Gasteiger partial charge in [0.25, 0.3) is 0 Å². The van der Waals surface area contributed by atoms with Crippen LogP contribution < -0.4 is 10.6 Å². The molecular weight excluding hydrogens is 268 g/mol. The van der Waals surface area contributed by atoms with Crippen molar-refractivity contribution in [3.05, 3.63) is 29.8 Å². The molecule has 4 N–H and O–H groups in total. The van der Waals surface area contributed by atoms with Crippen LogP contribution in [0.3, 0.4) is 0 Å². The van der Waals surface area contributed by atoms with E-state index in [9.17, 15) is 9.90 Å². The third-order valence-electron chi connectivity index (χ3n) is 3.28. The minimum absolute atomic E-state index is 0.147. The van der Waals surface area contributed by atoms with Gasteiger partial charge in [-0.25, -0.2) is 4.79 Å². The van der Waals surface area contributed by atoms with Crippen molar-refractivity contribution in [1.29, 1.82) is 0 Å². The van der Waals surface area contributed by atoms with E-state index in [1.807, 2.05) is 0 Å². The van der Waals surface area contributed by atoms with Crippen LogP contribution in [0.4, 0.5) is 4.79 Å². The van der Waals surface area contributed by atoms with Gasteiger partial charge in [-0.05, 0) is 42.4 Å². The molecule has 5 nitrogen and oxygen atoms in total. The van der Waals surface area contributed by atoms with Crippen molar-refractivity contribution in [3.63, 3.8) is 0 Å². The highest BCUT2D eigenvalue weighted by Crippen LogP contribution is 2.14. The van der Waals surface area contributed by atoms with Crippen LogP contribution in [0, 0.1) is 11.8 Å². The largest absolute Gasteiger partial charge is 0.508 e. The maximum Gasteiger partial charge on any atom is 0.315 e. The second-order valence-corrected chi connectivity index (χ2v) is 5.74. The first-order valence-corrected chi connectivity index (χ1v) is 7.41. The lowest BCUT2D eigenvalue weighted by Crippen LogP contribution is -2.38. The standard InChI is InChI=1S/C16H26N2O3/c1-12(2)9-14(7-8-19)11-18-16(21)17-10-13-3-5-15(20)6-4-13/h3-6,12,14,19-20H,7-11H2,1-2H3,(H2,17,18,21). The van der Waals surface area contributed by atoms with Gasteiger partial charge < -0.3 is 20.8 Å². The van der Waals surface area contributed by atoms with Gasteiger partial charge in [-0.2, -0.15) is 0 Å². The zero-order valence-electron chi connectivity index (χ0n) is 12.8. The third kappa shape index (κ3) is 7.56. The highest BCUT2D eigenvalue weighted by atomic mass is 16.3. The van der Waals surface area contributed by atoms with E-state index in [4.69, 9.17) is 5.11 Å². The molecule has 1 unspecified atom stereocenters. The Kier molecular flexibility index (Phi) is 7.61. The van der Waals surface area contributed by atoms with Crippen LogP contribution in [0.1, 0.15) is 32.3 Å². The zero-order valence-corrected chi connectivity index (χ0v) is 12.8. The number of phenolic OH excluding ortho intramolecular Hbond substituents is 1. The second-order valence-electron chi connectivity index (χ2n) is 5.74. The first kappa shape index (κ1) is 17.3. The molecule has 1 aromatic rings. The summed E-state index contributed by atoms with van der Waals surface area (Å²) in [6.07, 6.45) is 1.69. The van der Waals surface area contributed by atoms with E-state index in [0.717, 1.165) is 12.0 Å². The summed E-state index contributed by atoms with van der Waals surface area (Å²) in [5.74, 6) is 1.06. The molecule has 1 aromatic carbocycles. The summed E-state index contributed by atoms with van der Waals surface area (Å²) in [6.45, 7) is 5.40. The SMILES string of the molecule is CC(C)CC(CCO)CNC(=O)NCc1ccc(O)cc1. The Morgan fingerprint density at radius 3 is 2.43 bits per heavy atom. The number of amides is 2. The van der Waals surface area contributed by atoms with Crippen molar-refractivity contribution in [3.8, 4) is 5.75 Å². The number of rotatable bonds is 8. The van der Waals surface area contributed by atoms with Gasteiger partial charge in [0.2, 0.25) is 0 Å². The van der Waals surface area contributed by atoms with Gasteiger partial charge in [0.1, 0.15) is 5.75 Å². The number of urea groups is 1. The average Bonchev–Trinajstić information content (AvgIpc) is 2.44. The number of aromatic hydroxyl groups is 1. The van der Waals surface area contributed by atoms with Crippen LogP contribution >= 0.6 is 0 Å². The molecule has 0 heterocycles. The molecule has 0 fully saturated rings. The van der Waals surface area contributed by atoms with Crippen LogP contribution in [0.15, 0.2) is 24.3 Å². The van der Waals surface area contributed by atoms with Crippen molar-refractivity contribution in [1.82, 2.24) is 10.6 Å². The predicted molar refractivity (Wildman–Crippen MR) is 83.0 cm³/mol. The van der Waals surface area contributed by atoms with Crippen molar-refractivity contribution in [2.75, 3.05) is 13.2 Å². The number of hydrogen-bond donors (Lipinski definition) is 4. The average molecular weight is 294 g/mol. The molecular formula is C16H26N2O3. The molecule has 0 saturated carbocycles. The molecule has 0 radical (unpaired) electrons. The highest BCUT2D eigenvalue weighted by Gasteiger charge is 2.11. The molecule has 0 aliphatic carbocycles. The minimum Gasteiger partial charge on any atom is -0.508 e. The fraction of sp³-hybridized carbons (Fsp3) is 0.562. The maximum absolute atomic E-state index is 11.7. The van der Waals surface area contributed by atoms with Crippen molar-refractivity contribution in [2.45, 2.75) is 33.2 Å². The number of nitrogens with one attached hydrogen (secondary N) is 2. The number of benzene rings is 1. The molecule has 0 saturated heterocycles. The monoisotopic (exact) mass is 294 g/mol. The Morgan fingerprint density at radius 1 is 1.19 bits per heavy atom. The van der Waals surface area contributed by atoms with Gasteiger partial charge in [-0.15, -0.1) is 0 Å². The number of phenols is 1. The summed E-state index contributed by atoms with van der Waals surface area (Å²) in [6, 6.07) is 6.50. The number of aliphatic hydroxyl groups excluding tert-OH is 1. The first-order chi connectivity index (χ1) is 10.0. The highest BCUT2D eigenvalue weighted by molar-refractivity contribution is 5.73. The fourth-order valence-corrected chi connectivity index (χ4v) is 2.25. The Hall–Kier alpha value is -1.75. The normalized spacial score (nSPS) is 12.2. The Bertz CT molecular complexity index is 418. The molecule has 0 bridgehead atoms. The molecule has 2 amide bonds. The van der Waals surface area contributed by atoms with Crippen LogP contribution in [-0.2, 0) is 6.54 Å². The Balaban J connectivity index is 2.30. The van der Waals surface area contributed by atoms with Crippen molar-refractivity contribution in [2.24, 2.45) is 11.8 Å². The van der Waals surface area contributed by atoms with E-state index in [1.54, 1.807) is 24.3 Å². The molecule has 1 atom stereocenters. The molecule has 118 valence electrons. The number of carbonyl (C=O) groups is 1. The zero-order chi connectivity index (χ0) is 15.7. The molecule has 5 heteroatoms. The number of aliphatic hydroxyl groups is 1. The molecule has 0 spiro atoms. The summed E-state index contributed by atoms with van der Waals surface area (Å²) in [4.78, 5) is 11.7. The van der Waals surface area contributed by atoms with E-state index in [2.05, 4.69) is 24.5 Å². The second kappa shape index (κ2) is 9.23. The van der Waals surface area contributed by atoms with Gasteiger partial charge in [-0.1, -0.05) is 26.0 Å². The smallest absolute Gasteiger partial charge is 0.315 e. The van der Waals surface area contributed by atoms with Crippen LogP contribution in [0.5, 0.6) is 5.75 Å². The molecule has 0 aliphatic rings. The van der Waals surface area contributed by atoms with Gasteiger partial charge >= 0.3 is 6.03 Å². The number of hydrogen-bond acceptors (Lipinski definition) is 3. The summed E-state index contributed by atoms with van der Waals surface area (Å²) in [7, 11) is 0. The predicted octanol–water partition coefficient (Wildman–Crippen LogP) is 2.24. The lowest BCUT2D eigenvalue weighted by Gasteiger charge is -2.18. The minimum atomic E-state index is -0.213. The quantitative estimate of drug-likeness (QED) is 0.593. The summed E-state index contributed by atoms with van der Waals surface area (Å²) < 4.78 is 0. The molecule has 21 heavy (non-hydrogen) atoms. The van der Waals surface area contributed by atoms with Gasteiger partial charge in [0.05, 0.1) is 0 Å². The van der Waals surface area contributed by atoms with Crippen molar-refractivity contribution < 1.29 is 15.0 Å². The van der Waals surface area contributed by atoms with Crippen LogP contribution in [-0.4, -0.2) is 29.4 Å². The summed E-state index contributed by atoms with van der Waals surface area (Å²) in [5, 5.41) is 23.8. The van der Waals surface area contributed by atoms with E-state index < -0.39 is 0 Å². The fourth-order valence-electron chi connectivity index (χ4n) is 2.25. The maximum atomic E-state index is 11.7. The van der Waals surface area contributed by atoms with E-state index in [0.29, 0.717) is 31.3 Å². The Labute approximate surface area is 126 Å². The van der Waals surface area contributed by atoms with E-state index >= 15 is 0 Å². The molecule has 0 aliphatic heterocycles. The van der Waals surface area contributed by atoms with Gasteiger partial charge in [0, 0.05) is 19.7 Å².